The number of amides is 1. The number of hydrogen-bond acceptors (Lipinski definition) is 5. The van der Waals surface area contributed by atoms with Gasteiger partial charge in [0.25, 0.3) is 5.91 Å². The van der Waals surface area contributed by atoms with Crippen molar-refractivity contribution in [2.75, 3.05) is 14.2 Å². The summed E-state index contributed by atoms with van der Waals surface area (Å²) in [6, 6.07) is 1.29. The molecule has 1 amide bonds. The molecule has 1 unspecified atom stereocenters. The van der Waals surface area contributed by atoms with Crippen LogP contribution in [-0.4, -0.2) is 37.6 Å². The van der Waals surface area contributed by atoms with Gasteiger partial charge in [-0.2, -0.15) is 0 Å². The molecule has 1 heterocycles. The summed E-state index contributed by atoms with van der Waals surface area (Å²) in [6.45, 7) is 3.50. The van der Waals surface area contributed by atoms with Crippen LogP contribution in [0.5, 0.6) is 0 Å². The predicted octanol–water partition coefficient (Wildman–Crippen LogP) is 0.720. The monoisotopic (exact) mass is 228 g/mol. The van der Waals surface area contributed by atoms with Crippen LogP contribution in [0.25, 0.3) is 0 Å². The lowest BCUT2D eigenvalue weighted by atomic mass is 10.3. The number of hydrogen-bond donors (Lipinski definition) is 1. The summed E-state index contributed by atoms with van der Waals surface area (Å²) < 4.78 is 14.9. The van der Waals surface area contributed by atoms with Crippen molar-refractivity contribution in [1.82, 2.24) is 10.5 Å². The maximum absolute atomic E-state index is 11.7. The molecule has 0 saturated carbocycles. The largest absolute Gasteiger partial charge is 0.361 e. The summed E-state index contributed by atoms with van der Waals surface area (Å²) in [5, 5.41) is 6.31. The maximum Gasteiger partial charge on any atom is 0.273 e. The minimum atomic E-state index is -0.489. The highest BCUT2D eigenvalue weighted by molar-refractivity contribution is 5.92. The molecule has 6 heteroatoms. The fraction of sp³-hybridized carbons (Fsp3) is 0.600. The first-order chi connectivity index (χ1) is 7.58. The Bertz CT molecular complexity index is 346. The molecule has 6 nitrogen and oxygen atoms in total. The predicted molar refractivity (Wildman–Crippen MR) is 56.0 cm³/mol. The van der Waals surface area contributed by atoms with Crippen molar-refractivity contribution in [3.63, 3.8) is 0 Å². The summed E-state index contributed by atoms with van der Waals surface area (Å²) in [6.07, 6.45) is -0.489. The molecule has 1 aromatic heterocycles. The fourth-order valence-corrected chi connectivity index (χ4v) is 1.33. The van der Waals surface area contributed by atoms with Crippen molar-refractivity contribution in [3.05, 3.63) is 17.5 Å². The topological polar surface area (TPSA) is 73.6 Å². The van der Waals surface area contributed by atoms with Gasteiger partial charge in [0.1, 0.15) is 5.76 Å². The third-order valence-electron chi connectivity index (χ3n) is 2.09. The van der Waals surface area contributed by atoms with Crippen LogP contribution in [0.1, 0.15) is 23.2 Å². The van der Waals surface area contributed by atoms with Crippen molar-refractivity contribution in [2.45, 2.75) is 26.2 Å². The molecular weight excluding hydrogens is 212 g/mol. The van der Waals surface area contributed by atoms with Crippen molar-refractivity contribution in [1.29, 1.82) is 0 Å². The third-order valence-corrected chi connectivity index (χ3v) is 2.09. The molecule has 16 heavy (non-hydrogen) atoms. The number of rotatable bonds is 5. The van der Waals surface area contributed by atoms with E-state index >= 15 is 0 Å². The van der Waals surface area contributed by atoms with Gasteiger partial charge in [-0.1, -0.05) is 5.16 Å². The highest BCUT2D eigenvalue weighted by atomic mass is 16.7. The molecule has 90 valence electrons. The first kappa shape index (κ1) is 12.7. The maximum atomic E-state index is 11.7. The van der Waals surface area contributed by atoms with E-state index in [-0.39, 0.29) is 17.6 Å². The zero-order valence-electron chi connectivity index (χ0n) is 9.81. The lowest BCUT2D eigenvalue weighted by molar-refractivity contribution is -0.117. The highest BCUT2D eigenvalue weighted by Gasteiger charge is 2.20. The van der Waals surface area contributed by atoms with E-state index < -0.39 is 6.29 Å². The molecule has 0 aliphatic heterocycles. The molecule has 0 aliphatic rings. The molecule has 0 saturated heterocycles. The molecule has 0 aliphatic carbocycles. The Kier molecular flexibility index (Phi) is 4.45. The standard InChI is InChI=1S/C10H16N2O4/c1-6-5-8(12-16-6)9(13)11-7(2)10(14-3)15-4/h5,7,10H,1-4H3,(H,11,13). The van der Waals surface area contributed by atoms with Crippen LogP contribution in [0.2, 0.25) is 0 Å². The molecule has 1 N–H and O–H groups in total. The molecule has 1 rings (SSSR count). The zero-order chi connectivity index (χ0) is 12.1. The lowest BCUT2D eigenvalue weighted by Crippen LogP contribution is -2.43. The first-order valence-electron chi connectivity index (χ1n) is 4.88. The number of aryl methyl sites for hydroxylation is 1. The molecular formula is C10H16N2O4. The van der Waals surface area contributed by atoms with Gasteiger partial charge in [-0.25, -0.2) is 0 Å². The molecule has 0 radical (unpaired) electrons. The number of methoxy groups -OCH3 is 2. The minimum absolute atomic E-state index is 0.246. The fourth-order valence-electron chi connectivity index (χ4n) is 1.33. The van der Waals surface area contributed by atoms with Crippen molar-refractivity contribution in [3.8, 4) is 0 Å². The summed E-state index contributed by atoms with van der Waals surface area (Å²) >= 11 is 0. The number of aromatic nitrogens is 1. The van der Waals surface area contributed by atoms with Crippen LogP contribution in [0.15, 0.2) is 10.6 Å². The zero-order valence-corrected chi connectivity index (χ0v) is 9.81. The van der Waals surface area contributed by atoms with Gasteiger partial charge in [0.05, 0.1) is 6.04 Å². The van der Waals surface area contributed by atoms with Crippen molar-refractivity contribution >= 4 is 5.91 Å². The van der Waals surface area contributed by atoms with Gasteiger partial charge in [-0.05, 0) is 13.8 Å². The number of ether oxygens (including phenoxy) is 2. The average molecular weight is 228 g/mol. The Hall–Kier alpha value is -1.40. The van der Waals surface area contributed by atoms with Crippen molar-refractivity contribution < 1.29 is 18.8 Å². The number of carbonyl (C=O) groups excluding carboxylic acids is 1. The Balaban J connectivity index is 2.57. The highest BCUT2D eigenvalue weighted by Crippen LogP contribution is 2.04. The van der Waals surface area contributed by atoms with Crippen LogP contribution in [0.3, 0.4) is 0 Å². The number of nitrogens with zero attached hydrogens (tertiary/aromatic N) is 1. The van der Waals surface area contributed by atoms with Gasteiger partial charge < -0.3 is 19.3 Å². The molecule has 1 atom stereocenters. The minimum Gasteiger partial charge on any atom is -0.361 e. The number of nitrogens with one attached hydrogen (secondary N) is 1. The second-order valence-corrected chi connectivity index (χ2v) is 3.42. The van der Waals surface area contributed by atoms with E-state index in [9.17, 15) is 4.79 Å². The number of carbonyl (C=O) groups is 1. The van der Waals surface area contributed by atoms with Crippen LogP contribution in [0.4, 0.5) is 0 Å². The van der Waals surface area contributed by atoms with Gasteiger partial charge in [0.2, 0.25) is 0 Å². The van der Waals surface area contributed by atoms with E-state index in [0.29, 0.717) is 5.76 Å². The van der Waals surface area contributed by atoms with Crippen LogP contribution < -0.4 is 5.32 Å². The quantitative estimate of drug-likeness (QED) is 0.752. The molecule has 0 spiro atoms. The summed E-state index contributed by atoms with van der Waals surface area (Å²) in [5.74, 6) is 0.274. The van der Waals surface area contributed by atoms with Crippen LogP contribution >= 0.6 is 0 Å². The molecule has 0 bridgehead atoms. The lowest BCUT2D eigenvalue weighted by Gasteiger charge is -2.21. The van der Waals surface area contributed by atoms with E-state index in [4.69, 9.17) is 14.0 Å². The summed E-state index contributed by atoms with van der Waals surface area (Å²) in [7, 11) is 3.02. The van der Waals surface area contributed by atoms with E-state index in [1.54, 1.807) is 19.9 Å². The summed E-state index contributed by atoms with van der Waals surface area (Å²) in [4.78, 5) is 11.7. The average Bonchev–Trinajstić information content (AvgIpc) is 2.66. The van der Waals surface area contributed by atoms with Crippen LogP contribution in [-0.2, 0) is 9.47 Å². The summed E-state index contributed by atoms with van der Waals surface area (Å²) in [5.41, 5.74) is 0.246. The molecule has 0 fully saturated rings. The van der Waals surface area contributed by atoms with Gasteiger partial charge in [0, 0.05) is 20.3 Å². The van der Waals surface area contributed by atoms with Gasteiger partial charge in [-0.15, -0.1) is 0 Å². The first-order valence-corrected chi connectivity index (χ1v) is 4.88. The second-order valence-electron chi connectivity index (χ2n) is 3.42. The third kappa shape index (κ3) is 3.04. The second kappa shape index (κ2) is 5.62. The van der Waals surface area contributed by atoms with Gasteiger partial charge in [0.15, 0.2) is 12.0 Å². The van der Waals surface area contributed by atoms with E-state index in [0.717, 1.165) is 0 Å². The Morgan fingerprint density at radius 1 is 1.50 bits per heavy atom. The Labute approximate surface area is 93.9 Å². The van der Waals surface area contributed by atoms with Crippen LogP contribution in [0, 0.1) is 6.92 Å². The van der Waals surface area contributed by atoms with Gasteiger partial charge in [-0.3, -0.25) is 4.79 Å². The molecule has 1 aromatic rings. The Morgan fingerprint density at radius 2 is 2.12 bits per heavy atom. The van der Waals surface area contributed by atoms with Crippen molar-refractivity contribution in [2.24, 2.45) is 0 Å². The van der Waals surface area contributed by atoms with Gasteiger partial charge >= 0.3 is 0 Å². The SMILES string of the molecule is COC(OC)C(C)NC(=O)c1cc(C)on1. The normalized spacial score (nSPS) is 12.8. The van der Waals surface area contributed by atoms with E-state index in [1.807, 2.05) is 0 Å². The van der Waals surface area contributed by atoms with E-state index in [2.05, 4.69) is 10.5 Å². The smallest absolute Gasteiger partial charge is 0.273 e. The molecule has 0 aromatic carbocycles. The Morgan fingerprint density at radius 3 is 2.56 bits per heavy atom. The van der Waals surface area contributed by atoms with E-state index in [1.165, 1.54) is 14.2 Å².